The number of morpholine rings is 1. The van der Waals surface area contributed by atoms with Crippen LogP contribution >= 0.6 is 11.5 Å². The fourth-order valence-electron chi connectivity index (χ4n) is 3.34. The molecule has 0 spiro atoms. The zero-order valence-electron chi connectivity index (χ0n) is 12.7. The summed E-state index contributed by atoms with van der Waals surface area (Å²) in [5.74, 6) is 0.858. The maximum atomic E-state index is 6.00. The minimum absolute atomic E-state index is 0.279. The molecule has 0 amide bonds. The summed E-state index contributed by atoms with van der Waals surface area (Å²) in [7, 11) is 0. The van der Waals surface area contributed by atoms with Crippen LogP contribution in [-0.4, -0.2) is 52.6 Å². The molecule has 116 valence electrons. The number of hydrogen-bond donors (Lipinski definition) is 0. The van der Waals surface area contributed by atoms with E-state index in [-0.39, 0.29) is 6.10 Å². The second-order valence-corrected chi connectivity index (χ2v) is 6.69. The van der Waals surface area contributed by atoms with Crippen molar-refractivity contribution in [2.24, 2.45) is 0 Å². The molecule has 6 heteroatoms. The van der Waals surface area contributed by atoms with Crippen LogP contribution < -0.4 is 4.90 Å². The van der Waals surface area contributed by atoms with E-state index in [0.29, 0.717) is 6.04 Å². The molecule has 0 N–H and O–H groups in total. The van der Waals surface area contributed by atoms with E-state index in [4.69, 9.17) is 4.74 Å². The van der Waals surface area contributed by atoms with Gasteiger partial charge in [-0.25, -0.2) is 4.98 Å². The molecule has 3 heterocycles. The second-order valence-electron chi connectivity index (χ2n) is 5.96. The molecule has 2 aliphatic heterocycles. The average Bonchev–Trinajstić information content (AvgIpc) is 3.15. The van der Waals surface area contributed by atoms with Crippen molar-refractivity contribution in [1.82, 2.24) is 14.3 Å². The number of hydrogen-bond acceptors (Lipinski definition) is 6. The molecule has 0 aliphatic carbocycles. The van der Waals surface area contributed by atoms with Gasteiger partial charge in [0.05, 0.1) is 18.8 Å². The van der Waals surface area contributed by atoms with Crippen LogP contribution in [0.15, 0.2) is 30.3 Å². The molecule has 22 heavy (non-hydrogen) atoms. The predicted octanol–water partition coefficient (Wildman–Crippen LogP) is 1.94. The number of benzene rings is 1. The first-order valence-electron chi connectivity index (χ1n) is 7.74. The number of nitrogens with zero attached hydrogens (tertiary/aromatic N) is 4. The fraction of sp³-hybridized carbons (Fsp3) is 0.500. The van der Waals surface area contributed by atoms with Gasteiger partial charge in [-0.1, -0.05) is 30.3 Å². The van der Waals surface area contributed by atoms with Crippen LogP contribution in [0.1, 0.15) is 11.4 Å². The minimum atomic E-state index is 0.279. The minimum Gasteiger partial charge on any atom is -0.373 e. The summed E-state index contributed by atoms with van der Waals surface area (Å²) in [4.78, 5) is 9.39. The molecule has 2 aromatic rings. The van der Waals surface area contributed by atoms with Crippen molar-refractivity contribution in [2.75, 3.05) is 31.1 Å². The first-order chi connectivity index (χ1) is 10.8. The van der Waals surface area contributed by atoms with E-state index < -0.39 is 0 Å². The van der Waals surface area contributed by atoms with Crippen molar-refractivity contribution < 1.29 is 4.74 Å². The van der Waals surface area contributed by atoms with Crippen molar-refractivity contribution in [1.29, 1.82) is 0 Å². The molecule has 1 aromatic carbocycles. The summed E-state index contributed by atoms with van der Waals surface area (Å²) in [5.41, 5.74) is 1.37. The van der Waals surface area contributed by atoms with Gasteiger partial charge >= 0.3 is 0 Å². The third kappa shape index (κ3) is 2.74. The predicted molar refractivity (Wildman–Crippen MR) is 87.2 cm³/mol. The van der Waals surface area contributed by atoms with Crippen molar-refractivity contribution in [3.05, 3.63) is 41.7 Å². The Bertz CT molecular complexity index is 632. The van der Waals surface area contributed by atoms with Crippen LogP contribution in [0.4, 0.5) is 5.13 Å². The van der Waals surface area contributed by atoms with E-state index in [1.54, 1.807) is 0 Å². The molecule has 2 fully saturated rings. The average molecular weight is 316 g/mol. The summed E-state index contributed by atoms with van der Waals surface area (Å²) in [6.07, 6.45) is 0.279. The third-order valence-corrected chi connectivity index (χ3v) is 5.30. The fourth-order valence-corrected chi connectivity index (χ4v) is 4.04. The monoisotopic (exact) mass is 316 g/mol. The molecule has 0 radical (unpaired) electrons. The summed E-state index contributed by atoms with van der Waals surface area (Å²) in [5, 5.41) is 1.02. The summed E-state index contributed by atoms with van der Waals surface area (Å²) in [6.45, 7) is 6.66. The molecule has 5 nitrogen and oxygen atoms in total. The maximum Gasteiger partial charge on any atom is 0.205 e. The molecule has 2 unspecified atom stereocenters. The summed E-state index contributed by atoms with van der Waals surface area (Å²) in [6, 6.07) is 11.1. The lowest BCUT2D eigenvalue weighted by Gasteiger charge is -2.36. The first kappa shape index (κ1) is 14.1. The highest BCUT2D eigenvalue weighted by molar-refractivity contribution is 7.09. The second kappa shape index (κ2) is 5.95. The Morgan fingerprint density at radius 3 is 2.91 bits per heavy atom. The Hall–Kier alpha value is -1.50. The Balaban J connectivity index is 1.49. The van der Waals surface area contributed by atoms with Gasteiger partial charge in [-0.05, 0) is 12.5 Å². The summed E-state index contributed by atoms with van der Waals surface area (Å²) >= 11 is 1.49. The van der Waals surface area contributed by atoms with Gasteiger partial charge in [0.25, 0.3) is 0 Å². The number of aryl methyl sites for hydroxylation is 1. The van der Waals surface area contributed by atoms with Gasteiger partial charge in [-0.2, -0.15) is 4.37 Å². The van der Waals surface area contributed by atoms with Crippen molar-refractivity contribution >= 4 is 16.7 Å². The van der Waals surface area contributed by atoms with Crippen molar-refractivity contribution in [3.8, 4) is 0 Å². The Morgan fingerprint density at radius 2 is 2.14 bits per heavy atom. The van der Waals surface area contributed by atoms with E-state index in [1.165, 1.54) is 17.1 Å². The van der Waals surface area contributed by atoms with Gasteiger partial charge in [0.2, 0.25) is 5.13 Å². The van der Waals surface area contributed by atoms with E-state index in [9.17, 15) is 0 Å². The lowest BCUT2D eigenvalue weighted by atomic mass is 10.1. The van der Waals surface area contributed by atoms with Gasteiger partial charge in [0.15, 0.2) is 0 Å². The highest BCUT2D eigenvalue weighted by atomic mass is 32.1. The summed E-state index contributed by atoms with van der Waals surface area (Å²) < 4.78 is 10.3. The van der Waals surface area contributed by atoms with Crippen molar-refractivity contribution in [2.45, 2.75) is 25.6 Å². The number of aromatic nitrogens is 2. The topological polar surface area (TPSA) is 41.5 Å². The molecule has 2 saturated heterocycles. The van der Waals surface area contributed by atoms with Crippen LogP contribution in [0, 0.1) is 6.92 Å². The van der Waals surface area contributed by atoms with Crippen LogP contribution in [0.2, 0.25) is 0 Å². The van der Waals surface area contributed by atoms with Crippen LogP contribution in [0.3, 0.4) is 0 Å². The maximum absolute atomic E-state index is 6.00. The normalized spacial score (nSPS) is 25.4. The van der Waals surface area contributed by atoms with E-state index in [0.717, 1.165) is 43.7 Å². The lowest BCUT2D eigenvalue weighted by molar-refractivity contribution is -0.0499. The zero-order chi connectivity index (χ0) is 14.9. The molecular weight excluding hydrogens is 296 g/mol. The van der Waals surface area contributed by atoms with Gasteiger partial charge in [-0.15, -0.1) is 0 Å². The molecule has 2 atom stereocenters. The van der Waals surface area contributed by atoms with Crippen LogP contribution in [0.25, 0.3) is 0 Å². The van der Waals surface area contributed by atoms with Gasteiger partial charge in [0.1, 0.15) is 5.82 Å². The third-order valence-electron chi connectivity index (χ3n) is 4.43. The van der Waals surface area contributed by atoms with Gasteiger partial charge in [0, 0.05) is 37.7 Å². The van der Waals surface area contributed by atoms with E-state index in [1.807, 2.05) is 6.92 Å². The highest BCUT2D eigenvalue weighted by Gasteiger charge is 2.40. The number of rotatable bonds is 3. The van der Waals surface area contributed by atoms with Gasteiger partial charge in [-0.3, -0.25) is 4.90 Å². The quantitative estimate of drug-likeness (QED) is 0.865. The van der Waals surface area contributed by atoms with E-state index in [2.05, 4.69) is 49.5 Å². The van der Waals surface area contributed by atoms with E-state index >= 15 is 0 Å². The number of ether oxygens (including phenoxy) is 1. The van der Waals surface area contributed by atoms with Crippen molar-refractivity contribution in [3.63, 3.8) is 0 Å². The Labute approximate surface area is 134 Å². The smallest absolute Gasteiger partial charge is 0.205 e. The molecular formula is C16H20N4OS. The molecule has 4 rings (SSSR count). The Kier molecular flexibility index (Phi) is 3.82. The van der Waals surface area contributed by atoms with Gasteiger partial charge < -0.3 is 9.64 Å². The highest BCUT2D eigenvalue weighted by Crippen LogP contribution is 2.29. The largest absolute Gasteiger partial charge is 0.373 e. The molecule has 0 saturated carbocycles. The lowest BCUT2D eigenvalue weighted by Crippen LogP contribution is -2.50. The molecule has 2 aliphatic rings. The molecule has 1 aromatic heterocycles. The number of anilines is 1. The Morgan fingerprint density at radius 1 is 1.27 bits per heavy atom. The first-order valence-corrected chi connectivity index (χ1v) is 8.52. The van der Waals surface area contributed by atoms with Crippen LogP contribution in [-0.2, 0) is 11.3 Å². The zero-order valence-corrected chi connectivity index (χ0v) is 13.5. The van der Waals surface area contributed by atoms with Crippen LogP contribution in [0.5, 0.6) is 0 Å². The number of fused-ring (bicyclic) bond motifs is 1. The molecule has 0 bridgehead atoms. The standard InChI is InChI=1S/C16H20N4OS/c1-12-17-16(22-18-12)20-10-14-15(11-20)21-8-7-19(14)9-13-5-3-2-4-6-13/h2-6,14-15H,7-11H2,1H3. The SMILES string of the molecule is Cc1nsc(N2CC3OCCN(Cc4ccccc4)C3C2)n1.